The fraction of sp³-hybridized carbons (Fsp3) is 0.611. The van der Waals surface area contributed by atoms with E-state index in [1.807, 2.05) is 0 Å². The maximum atomic E-state index is 5.95. The predicted octanol–water partition coefficient (Wildman–Crippen LogP) is 1.73. The Bertz CT molecular complexity index is 498. The minimum absolute atomic E-state index is 0.378. The fourth-order valence-corrected chi connectivity index (χ4v) is 2.72. The largest absolute Gasteiger partial charge is 0.379 e. The molecule has 1 saturated heterocycles. The smallest absolute Gasteiger partial charge is 0.188 e. The first-order valence-electron chi connectivity index (χ1n) is 8.55. The number of ether oxygens (including phenoxy) is 1. The average Bonchev–Trinajstić information content (AvgIpc) is 2.57. The first-order chi connectivity index (χ1) is 11.1. The second-order valence-corrected chi connectivity index (χ2v) is 6.28. The lowest BCUT2D eigenvalue weighted by molar-refractivity contribution is 0.0376. The van der Waals surface area contributed by atoms with Crippen molar-refractivity contribution in [3.8, 4) is 0 Å². The molecule has 1 heterocycles. The zero-order chi connectivity index (χ0) is 16.5. The molecule has 5 heteroatoms. The summed E-state index contributed by atoms with van der Waals surface area (Å²) in [4.78, 5) is 6.89. The summed E-state index contributed by atoms with van der Waals surface area (Å²) in [6, 6.07) is 8.58. The molecule has 0 radical (unpaired) electrons. The highest BCUT2D eigenvalue weighted by molar-refractivity contribution is 5.77. The predicted molar refractivity (Wildman–Crippen MR) is 96.0 cm³/mol. The highest BCUT2D eigenvalue weighted by atomic mass is 16.5. The van der Waals surface area contributed by atoms with Crippen LogP contribution in [0.5, 0.6) is 0 Å². The van der Waals surface area contributed by atoms with Crippen molar-refractivity contribution in [3.05, 3.63) is 35.4 Å². The van der Waals surface area contributed by atoms with Crippen molar-refractivity contribution < 1.29 is 4.74 Å². The van der Waals surface area contributed by atoms with Gasteiger partial charge in [-0.1, -0.05) is 36.8 Å². The first kappa shape index (κ1) is 17.8. The Morgan fingerprint density at radius 1 is 1.39 bits per heavy atom. The third-order valence-electron chi connectivity index (χ3n) is 4.21. The van der Waals surface area contributed by atoms with Gasteiger partial charge in [0.05, 0.1) is 13.2 Å². The lowest BCUT2D eigenvalue weighted by Gasteiger charge is -2.26. The molecule has 23 heavy (non-hydrogen) atoms. The van der Waals surface area contributed by atoms with Gasteiger partial charge in [0.25, 0.3) is 0 Å². The van der Waals surface area contributed by atoms with E-state index in [-0.39, 0.29) is 0 Å². The number of hydrogen-bond acceptors (Lipinski definition) is 3. The zero-order valence-electron chi connectivity index (χ0n) is 14.4. The molecule has 0 spiro atoms. The Kier molecular flexibility index (Phi) is 7.36. The van der Waals surface area contributed by atoms with E-state index < -0.39 is 0 Å². The zero-order valence-corrected chi connectivity index (χ0v) is 14.4. The van der Waals surface area contributed by atoms with Crippen molar-refractivity contribution in [2.75, 3.05) is 45.9 Å². The molecule has 1 aliphatic heterocycles. The molecule has 128 valence electrons. The third kappa shape index (κ3) is 6.59. The van der Waals surface area contributed by atoms with Gasteiger partial charge in [-0.05, 0) is 25.5 Å². The average molecular weight is 318 g/mol. The summed E-state index contributed by atoms with van der Waals surface area (Å²) in [5.41, 5.74) is 8.55. The van der Waals surface area contributed by atoms with Gasteiger partial charge in [0.15, 0.2) is 5.96 Å². The molecular formula is C18H30N4O. The Hall–Kier alpha value is -1.59. The molecule has 0 aliphatic carbocycles. The molecule has 3 N–H and O–H groups in total. The summed E-state index contributed by atoms with van der Waals surface area (Å²) in [5, 5.41) is 3.21. The SMILES string of the molecule is Cc1cccc(C(C)CN=C(N)NCCCN2CCOCC2)c1. The van der Waals surface area contributed by atoms with Crippen LogP contribution in [-0.4, -0.2) is 56.8 Å². The van der Waals surface area contributed by atoms with E-state index in [0.29, 0.717) is 18.4 Å². The fourth-order valence-electron chi connectivity index (χ4n) is 2.72. The molecule has 1 aromatic carbocycles. The number of aryl methyl sites for hydroxylation is 1. The molecule has 2 rings (SSSR count). The Morgan fingerprint density at radius 3 is 2.91 bits per heavy atom. The molecule has 0 amide bonds. The van der Waals surface area contributed by atoms with Crippen LogP contribution in [-0.2, 0) is 4.74 Å². The van der Waals surface area contributed by atoms with Crippen molar-refractivity contribution in [1.82, 2.24) is 10.2 Å². The number of nitrogens with one attached hydrogen (secondary N) is 1. The van der Waals surface area contributed by atoms with Gasteiger partial charge in [0, 0.05) is 32.1 Å². The monoisotopic (exact) mass is 318 g/mol. The van der Waals surface area contributed by atoms with Crippen LogP contribution in [0.1, 0.15) is 30.4 Å². The summed E-state index contributed by atoms with van der Waals surface area (Å²) in [6.45, 7) is 10.8. The van der Waals surface area contributed by atoms with Gasteiger partial charge in [-0.15, -0.1) is 0 Å². The van der Waals surface area contributed by atoms with Crippen molar-refractivity contribution in [3.63, 3.8) is 0 Å². The van der Waals surface area contributed by atoms with E-state index in [4.69, 9.17) is 10.5 Å². The van der Waals surface area contributed by atoms with Gasteiger partial charge in [-0.3, -0.25) is 9.89 Å². The highest BCUT2D eigenvalue weighted by Crippen LogP contribution is 2.16. The number of aliphatic imine (C=N–C) groups is 1. The van der Waals surface area contributed by atoms with E-state index in [2.05, 4.69) is 53.3 Å². The number of nitrogens with zero attached hydrogens (tertiary/aromatic N) is 2. The van der Waals surface area contributed by atoms with Gasteiger partial charge < -0.3 is 15.8 Å². The molecule has 1 unspecified atom stereocenters. The topological polar surface area (TPSA) is 62.9 Å². The van der Waals surface area contributed by atoms with Crippen LogP contribution in [0.25, 0.3) is 0 Å². The summed E-state index contributed by atoms with van der Waals surface area (Å²) in [7, 11) is 0. The maximum Gasteiger partial charge on any atom is 0.188 e. The van der Waals surface area contributed by atoms with Crippen LogP contribution in [0.15, 0.2) is 29.3 Å². The summed E-state index contributed by atoms with van der Waals surface area (Å²) in [5.74, 6) is 0.926. The van der Waals surface area contributed by atoms with Crippen LogP contribution in [0.3, 0.4) is 0 Å². The van der Waals surface area contributed by atoms with Crippen molar-refractivity contribution >= 4 is 5.96 Å². The van der Waals surface area contributed by atoms with Gasteiger partial charge in [0.1, 0.15) is 0 Å². The van der Waals surface area contributed by atoms with Gasteiger partial charge in [0.2, 0.25) is 0 Å². The molecule has 0 saturated carbocycles. The third-order valence-corrected chi connectivity index (χ3v) is 4.21. The van der Waals surface area contributed by atoms with Gasteiger partial charge >= 0.3 is 0 Å². The summed E-state index contributed by atoms with van der Waals surface area (Å²) < 4.78 is 5.35. The summed E-state index contributed by atoms with van der Waals surface area (Å²) >= 11 is 0. The normalized spacial score (nSPS) is 17.9. The molecule has 0 bridgehead atoms. The van der Waals surface area contributed by atoms with E-state index in [1.165, 1.54) is 11.1 Å². The minimum atomic E-state index is 0.378. The standard InChI is InChI=1S/C18H30N4O/c1-15-5-3-6-17(13-15)16(2)14-21-18(19)20-7-4-8-22-9-11-23-12-10-22/h3,5-6,13,16H,4,7-12,14H2,1-2H3,(H3,19,20,21). The molecule has 1 aliphatic rings. The molecule has 1 atom stereocenters. The number of benzene rings is 1. The van der Waals surface area contributed by atoms with E-state index in [1.54, 1.807) is 0 Å². The second-order valence-electron chi connectivity index (χ2n) is 6.28. The molecule has 1 fully saturated rings. The molecule has 0 aromatic heterocycles. The Balaban J connectivity index is 1.64. The quantitative estimate of drug-likeness (QED) is 0.456. The molecular weight excluding hydrogens is 288 g/mol. The lowest BCUT2D eigenvalue weighted by Crippen LogP contribution is -2.39. The second kappa shape index (κ2) is 9.53. The van der Waals surface area contributed by atoms with E-state index in [0.717, 1.165) is 45.8 Å². The van der Waals surface area contributed by atoms with E-state index in [9.17, 15) is 0 Å². The van der Waals surface area contributed by atoms with Crippen LogP contribution in [0, 0.1) is 6.92 Å². The van der Waals surface area contributed by atoms with E-state index >= 15 is 0 Å². The number of guanidine groups is 1. The lowest BCUT2D eigenvalue weighted by atomic mass is 10.00. The van der Waals surface area contributed by atoms with Crippen molar-refractivity contribution in [2.45, 2.75) is 26.2 Å². The number of hydrogen-bond donors (Lipinski definition) is 2. The number of rotatable bonds is 7. The summed E-state index contributed by atoms with van der Waals surface area (Å²) in [6.07, 6.45) is 1.07. The van der Waals surface area contributed by atoms with Crippen molar-refractivity contribution in [2.24, 2.45) is 10.7 Å². The van der Waals surface area contributed by atoms with Crippen LogP contribution in [0.2, 0.25) is 0 Å². The number of morpholine rings is 1. The minimum Gasteiger partial charge on any atom is -0.379 e. The molecule has 5 nitrogen and oxygen atoms in total. The van der Waals surface area contributed by atoms with Gasteiger partial charge in [-0.25, -0.2) is 0 Å². The van der Waals surface area contributed by atoms with Crippen LogP contribution >= 0.6 is 0 Å². The Morgan fingerprint density at radius 2 is 2.17 bits per heavy atom. The molecule has 1 aromatic rings. The van der Waals surface area contributed by atoms with Crippen LogP contribution < -0.4 is 11.1 Å². The number of nitrogens with two attached hydrogens (primary N) is 1. The highest BCUT2D eigenvalue weighted by Gasteiger charge is 2.09. The van der Waals surface area contributed by atoms with Gasteiger partial charge in [-0.2, -0.15) is 0 Å². The van der Waals surface area contributed by atoms with Crippen LogP contribution in [0.4, 0.5) is 0 Å². The maximum absolute atomic E-state index is 5.95. The first-order valence-corrected chi connectivity index (χ1v) is 8.55. The Labute approximate surface area is 139 Å². The van der Waals surface area contributed by atoms with Crippen molar-refractivity contribution in [1.29, 1.82) is 0 Å².